The Balaban J connectivity index is 1.59. The van der Waals surface area contributed by atoms with E-state index >= 15 is 0 Å². The number of aliphatic carboxylic acids is 1. The largest absolute Gasteiger partial charge is 0.489 e. The van der Waals surface area contributed by atoms with E-state index in [-0.39, 0.29) is 18.9 Å². The van der Waals surface area contributed by atoms with Crippen LogP contribution in [0.2, 0.25) is 5.02 Å². The monoisotopic (exact) mass is 435 g/mol. The van der Waals surface area contributed by atoms with Crippen LogP contribution in [0.25, 0.3) is 11.1 Å². The van der Waals surface area contributed by atoms with Crippen LogP contribution in [0, 0.1) is 6.92 Å². The first kappa shape index (κ1) is 20.9. The normalized spacial score (nSPS) is 15.1. The van der Waals surface area contributed by atoms with Crippen LogP contribution in [0.15, 0.2) is 60.7 Å². The lowest BCUT2D eigenvalue weighted by Crippen LogP contribution is -2.24. The smallest absolute Gasteiger partial charge is 0.305 e. The number of fused-ring (bicyclic) bond motifs is 1. The van der Waals surface area contributed by atoms with Gasteiger partial charge in [0.25, 0.3) is 5.91 Å². The van der Waals surface area contributed by atoms with Gasteiger partial charge in [-0.05, 0) is 47.4 Å². The fraction of sp³-hybridized carbons (Fsp3) is 0.200. The van der Waals surface area contributed by atoms with Crippen molar-refractivity contribution in [3.8, 4) is 16.9 Å². The first-order chi connectivity index (χ1) is 14.9. The Morgan fingerprint density at radius 3 is 2.55 bits per heavy atom. The average molecular weight is 436 g/mol. The van der Waals surface area contributed by atoms with Gasteiger partial charge in [0.15, 0.2) is 0 Å². The van der Waals surface area contributed by atoms with Crippen LogP contribution >= 0.6 is 11.6 Å². The van der Waals surface area contributed by atoms with Crippen LogP contribution in [0.3, 0.4) is 0 Å². The van der Waals surface area contributed by atoms with Gasteiger partial charge in [0.2, 0.25) is 0 Å². The van der Waals surface area contributed by atoms with Crippen molar-refractivity contribution < 1.29 is 19.4 Å². The van der Waals surface area contributed by atoms with Crippen LogP contribution in [-0.4, -0.2) is 28.9 Å². The van der Waals surface area contributed by atoms with E-state index in [2.05, 4.69) is 12.1 Å². The number of ether oxygens (including phenoxy) is 1. The van der Waals surface area contributed by atoms with E-state index in [0.29, 0.717) is 21.9 Å². The molecule has 1 N–H and O–H groups in total. The van der Waals surface area contributed by atoms with Crippen molar-refractivity contribution in [1.82, 2.24) is 4.90 Å². The summed E-state index contributed by atoms with van der Waals surface area (Å²) < 4.78 is 6.00. The van der Waals surface area contributed by atoms with Gasteiger partial charge in [0, 0.05) is 23.2 Å². The number of carbonyl (C=O) groups is 2. The first-order valence-electron chi connectivity index (χ1n) is 9.96. The first-order valence-corrected chi connectivity index (χ1v) is 10.3. The van der Waals surface area contributed by atoms with E-state index in [1.165, 1.54) is 4.90 Å². The van der Waals surface area contributed by atoms with Gasteiger partial charge in [0.1, 0.15) is 12.4 Å². The maximum atomic E-state index is 12.6. The van der Waals surface area contributed by atoms with Crippen LogP contribution in [0.5, 0.6) is 5.75 Å². The molecule has 1 unspecified atom stereocenters. The van der Waals surface area contributed by atoms with Gasteiger partial charge in [0.05, 0.1) is 12.5 Å². The van der Waals surface area contributed by atoms with Crippen molar-refractivity contribution in [2.24, 2.45) is 0 Å². The molecule has 0 spiro atoms. The summed E-state index contributed by atoms with van der Waals surface area (Å²) in [4.78, 5) is 25.2. The number of carbonyl (C=O) groups excluding carboxylic acids is 1. The molecule has 0 fully saturated rings. The van der Waals surface area contributed by atoms with Crippen LogP contribution < -0.4 is 4.74 Å². The fourth-order valence-electron chi connectivity index (χ4n) is 4.04. The minimum atomic E-state index is -0.943. The molecule has 0 saturated heterocycles. The lowest BCUT2D eigenvalue weighted by atomic mass is 9.96. The van der Waals surface area contributed by atoms with E-state index in [1.807, 2.05) is 37.3 Å². The molecule has 1 aliphatic rings. The van der Waals surface area contributed by atoms with E-state index in [1.54, 1.807) is 25.2 Å². The maximum Gasteiger partial charge on any atom is 0.305 e. The quantitative estimate of drug-likeness (QED) is 0.555. The lowest BCUT2D eigenvalue weighted by Gasteiger charge is -2.18. The Morgan fingerprint density at radius 1 is 1.10 bits per heavy atom. The zero-order valence-corrected chi connectivity index (χ0v) is 18.0. The minimum absolute atomic E-state index is 0.128. The molecule has 1 heterocycles. The molecule has 31 heavy (non-hydrogen) atoms. The second-order valence-corrected chi connectivity index (χ2v) is 8.04. The Hall–Kier alpha value is -3.31. The molecule has 4 rings (SSSR count). The highest BCUT2D eigenvalue weighted by Gasteiger charge is 2.35. The molecule has 1 amide bonds. The van der Waals surface area contributed by atoms with Crippen molar-refractivity contribution in [2.45, 2.75) is 26.0 Å². The van der Waals surface area contributed by atoms with Crippen LogP contribution in [0.1, 0.15) is 39.5 Å². The molecule has 6 heteroatoms. The lowest BCUT2D eigenvalue weighted by molar-refractivity contribution is -0.138. The summed E-state index contributed by atoms with van der Waals surface area (Å²) in [5, 5.41) is 9.77. The number of carboxylic acid groups (broad SMARTS) is 1. The highest BCUT2D eigenvalue weighted by molar-refractivity contribution is 6.31. The summed E-state index contributed by atoms with van der Waals surface area (Å²) in [5.41, 5.74) is 5.31. The Kier molecular flexibility index (Phi) is 5.70. The molecule has 158 valence electrons. The predicted molar refractivity (Wildman–Crippen MR) is 119 cm³/mol. The zero-order chi connectivity index (χ0) is 22.1. The summed E-state index contributed by atoms with van der Waals surface area (Å²) in [6.45, 7) is 2.28. The summed E-state index contributed by atoms with van der Waals surface area (Å²) in [6.07, 6.45) is -0.128. The molecule has 0 saturated carbocycles. The summed E-state index contributed by atoms with van der Waals surface area (Å²) >= 11 is 6.46. The zero-order valence-electron chi connectivity index (χ0n) is 17.3. The van der Waals surface area contributed by atoms with Gasteiger partial charge in [-0.15, -0.1) is 0 Å². The van der Waals surface area contributed by atoms with Gasteiger partial charge in [-0.2, -0.15) is 0 Å². The third-order valence-corrected chi connectivity index (χ3v) is 6.13. The number of hydrogen-bond acceptors (Lipinski definition) is 3. The van der Waals surface area contributed by atoms with Crippen LogP contribution in [-0.2, 0) is 11.4 Å². The Morgan fingerprint density at radius 2 is 1.84 bits per heavy atom. The number of amides is 1. The molecule has 0 aromatic heterocycles. The van der Waals surface area contributed by atoms with Crippen molar-refractivity contribution in [2.75, 3.05) is 7.05 Å². The third-order valence-electron chi connectivity index (χ3n) is 5.78. The van der Waals surface area contributed by atoms with Gasteiger partial charge in [-0.1, -0.05) is 54.1 Å². The molecule has 1 aliphatic heterocycles. The standard InChI is InChI=1S/C25H22ClNO4/c1-15-18(16-6-4-3-5-7-16)10-11-22(26)21(15)14-31-17-8-9-19-20(12-17)25(30)27(2)23(19)13-24(28)29/h3-12,23H,13-14H2,1-2H3,(H,28,29). The van der Waals surface area contributed by atoms with E-state index in [4.69, 9.17) is 21.4 Å². The highest BCUT2D eigenvalue weighted by Crippen LogP contribution is 2.37. The van der Waals surface area contributed by atoms with Crippen molar-refractivity contribution in [3.05, 3.63) is 87.9 Å². The number of nitrogens with zero attached hydrogens (tertiary/aromatic N) is 1. The van der Waals surface area contributed by atoms with Crippen molar-refractivity contribution in [3.63, 3.8) is 0 Å². The Labute approximate surface area is 185 Å². The third kappa shape index (κ3) is 4.01. The molecular weight excluding hydrogens is 414 g/mol. The van der Waals surface area contributed by atoms with Crippen LogP contribution in [0.4, 0.5) is 0 Å². The van der Waals surface area contributed by atoms with E-state index in [9.17, 15) is 9.59 Å². The summed E-state index contributed by atoms with van der Waals surface area (Å²) in [7, 11) is 1.62. The van der Waals surface area contributed by atoms with E-state index in [0.717, 1.165) is 22.3 Å². The molecule has 0 radical (unpaired) electrons. The van der Waals surface area contributed by atoms with Gasteiger partial charge < -0.3 is 14.7 Å². The fourth-order valence-corrected chi connectivity index (χ4v) is 4.30. The molecule has 5 nitrogen and oxygen atoms in total. The summed E-state index contributed by atoms with van der Waals surface area (Å²) in [6, 6.07) is 18.7. The number of halogens is 1. The minimum Gasteiger partial charge on any atom is -0.489 e. The molecule has 0 bridgehead atoms. The van der Waals surface area contributed by atoms with Crippen molar-refractivity contribution in [1.29, 1.82) is 0 Å². The van der Waals surface area contributed by atoms with Gasteiger partial charge in [-0.3, -0.25) is 9.59 Å². The number of hydrogen-bond donors (Lipinski definition) is 1. The second kappa shape index (κ2) is 8.44. The van der Waals surface area contributed by atoms with Gasteiger partial charge in [-0.25, -0.2) is 0 Å². The number of benzene rings is 3. The predicted octanol–water partition coefficient (Wildman–Crippen LogP) is 5.50. The SMILES string of the molecule is Cc1c(-c2ccccc2)ccc(Cl)c1COc1ccc2c(c1)C(=O)N(C)C2CC(=O)O. The van der Waals surface area contributed by atoms with E-state index < -0.39 is 12.0 Å². The summed E-state index contributed by atoms with van der Waals surface area (Å²) in [5.74, 6) is -0.606. The highest BCUT2D eigenvalue weighted by atomic mass is 35.5. The molecule has 1 atom stereocenters. The molecule has 0 aliphatic carbocycles. The number of carboxylic acids is 1. The molecule has 3 aromatic carbocycles. The second-order valence-electron chi connectivity index (χ2n) is 7.63. The maximum absolute atomic E-state index is 12.6. The van der Waals surface area contributed by atoms with Crippen molar-refractivity contribution >= 4 is 23.5 Å². The topological polar surface area (TPSA) is 66.8 Å². The average Bonchev–Trinajstić information content (AvgIpc) is 2.98. The number of rotatable bonds is 6. The molecule has 3 aromatic rings. The molecular formula is C25H22ClNO4. The van der Waals surface area contributed by atoms with Gasteiger partial charge >= 0.3 is 5.97 Å². The Bertz CT molecular complexity index is 1160.